The number of carbonyl (C=O) groups is 1. The van der Waals surface area contributed by atoms with Gasteiger partial charge >= 0.3 is 6.03 Å². The van der Waals surface area contributed by atoms with Crippen LogP contribution in [0.4, 0.5) is 4.79 Å². The third kappa shape index (κ3) is 5.38. The molecule has 1 aromatic carbocycles. The van der Waals surface area contributed by atoms with Crippen molar-refractivity contribution in [3.8, 4) is 5.75 Å². The second-order valence-corrected chi connectivity index (χ2v) is 6.10. The molecule has 1 N–H and O–H groups in total. The molecule has 25 heavy (non-hydrogen) atoms. The first-order valence-electron chi connectivity index (χ1n) is 8.32. The lowest BCUT2D eigenvalue weighted by atomic mass is 10.2. The summed E-state index contributed by atoms with van der Waals surface area (Å²) in [5.41, 5.74) is 1.11. The average molecular weight is 342 g/mol. The first-order chi connectivity index (χ1) is 12.0. The van der Waals surface area contributed by atoms with Crippen molar-refractivity contribution in [2.24, 2.45) is 0 Å². The van der Waals surface area contributed by atoms with Crippen molar-refractivity contribution < 1.29 is 9.53 Å². The number of rotatable bonds is 8. The van der Waals surface area contributed by atoms with E-state index in [1.807, 2.05) is 48.9 Å². The quantitative estimate of drug-likeness (QED) is 0.750. The van der Waals surface area contributed by atoms with Gasteiger partial charge in [0.05, 0.1) is 13.7 Å². The summed E-state index contributed by atoms with van der Waals surface area (Å²) in [7, 11) is 1.66. The number of hydrogen-bond donors (Lipinski definition) is 1. The Bertz CT molecular complexity index is 709. The predicted octanol–water partition coefficient (Wildman–Crippen LogP) is 3.05. The predicted molar refractivity (Wildman–Crippen MR) is 98.6 cm³/mol. The minimum Gasteiger partial charge on any atom is -0.497 e. The van der Waals surface area contributed by atoms with E-state index in [0.717, 1.165) is 17.1 Å². The van der Waals surface area contributed by atoms with Gasteiger partial charge in [0, 0.05) is 31.5 Å². The molecule has 0 saturated heterocycles. The molecule has 2 aromatic rings. The molecule has 6 heteroatoms. The molecule has 0 bridgehead atoms. The molecule has 1 heterocycles. The number of aromatic nitrogens is 2. The number of amides is 2. The van der Waals surface area contributed by atoms with Crippen molar-refractivity contribution in [3.63, 3.8) is 0 Å². The standard InChI is InChI=1S/C19H26N4O2/c1-5-10-23(19(24)21-15(2)3)14-18-20-9-11-22(18)13-16-7-6-8-17(12-16)25-4/h5-9,11-12,15H,1,10,13-14H2,2-4H3,(H,21,24). The van der Waals surface area contributed by atoms with Crippen molar-refractivity contribution >= 4 is 6.03 Å². The summed E-state index contributed by atoms with van der Waals surface area (Å²) in [6, 6.07) is 7.88. The second kappa shape index (κ2) is 8.92. The number of urea groups is 1. The number of benzene rings is 1. The number of ether oxygens (including phenoxy) is 1. The van der Waals surface area contributed by atoms with E-state index in [-0.39, 0.29) is 12.1 Å². The molecule has 6 nitrogen and oxygen atoms in total. The van der Waals surface area contributed by atoms with Gasteiger partial charge in [-0.05, 0) is 31.5 Å². The minimum absolute atomic E-state index is 0.0799. The van der Waals surface area contributed by atoms with Gasteiger partial charge in [-0.25, -0.2) is 9.78 Å². The fourth-order valence-corrected chi connectivity index (χ4v) is 2.49. The third-order valence-corrected chi connectivity index (χ3v) is 3.67. The normalized spacial score (nSPS) is 10.6. The molecule has 0 fully saturated rings. The lowest BCUT2D eigenvalue weighted by molar-refractivity contribution is 0.196. The van der Waals surface area contributed by atoms with Gasteiger partial charge in [-0.1, -0.05) is 18.2 Å². The van der Waals surface area contributed by atoms with Gasteiger partial charge in [-0.3, -0.25) is 0 Å². The van der Waals surface area contributed by atoms with Crippen LogP contribution in [0.3, 0.4) is 0 Å². The molecular formula is C19H26N4O2. The monoisotopic (exact) mass is 342 g/mol. The van der Waals surface area contributed by atoms with E-state index in [2.05, 4.69) is 16.9 Å². The van der Waals surface area contributed by atoms with Crippen LogP contribution in [0.2, 0.25) is 0 Å². The van der Waals surface area contributed by atoms with Gasteiger partial charge in [-0.2, -0.15) is 0 Å². The van der Waals surface area contributed by atoms with E-state index < -0.39 is 0 Å². The zero-order valence-corrected chi connectivity index (χ0v) is 15.1. The Balaban J connectivity index is 2.13. The second-order valence-electron chi connectivity index (χ2n) is 6.10. The van der Waals surface area contributed by atoms with Gasteiger partial charge in [0.1, 0.15) is 11.6 Å². The summed E-state index contributed by atoms with van der Waals surface area (Å²) in [6.45, 7) is 9.16. The molecule has 2 rings (SSSR count). The third-order valence-electron chi connectivity index (χ3n) is 3.67. The Morgan fingerprint density at radius 3 is 2.96 bits per heavy atom. The molecule has 0 atom stereocenters. The van der Waals surface area contributed by atoms with Gasteiger partial charge in [0.15, 0.2) is 0 Å². The molecule has 0 aliphatic heterocycles. The summed E-state index contributed by atoms with van der Waals surface area (Å²) in [5, 5.41) is 2.91. The largest absolute Gasteiger partial charge is 0.497 e. The van der Waals surface area contributed by atoms with Crippen molar-refractivity contribution in [1.29, 1.82) is 0 Å². The van der Waals surface area contributed by atoms with Crippen LogP contribution in [0, 0.1) is 0 Å². The average Bonchev–Trinajstić information content (AvgIpc) is 3.01. The van der Waals surface area contributed by atoms with Gasteiger partial charge in [-0.15, -0.1) is 6.58 Å². The smallest absolute Gasteiger partial charge is 0.318 e. The molecule has 0 unspecified atom stereocenters. The van der Waals surface area contributed by atoms with Gasteiger partial charge in [0.2, 0.25) is 0 Å². The Morgan fingerprint density at radius 2 is 2.28 bits per heavy atom. The topological polar surface area (TPSA) is 59.4 Å². The van der Waals surface area contributed by atoms with Gasteiger partial charge in [0.25, 0.3) is 0 Å². The Kier molecular flexibility index (Phi) is 6.62. The molecule has 134 valence electrons. The number of hydrogen-bond acceptors (Lipinski definition) is 3. The molecule has 0 spiro atoms. The highest BCUT2D eigenvalue weighted by molar-refractivity contribution is 5.74. The fourth-order valence-electron chi connectivity index (χ4n) is 2.49. The van der Waals surface area contributed by atoms with Crippen LogP contribution >= 0.6 is 0 Å². The van der Waals surface area contributed by atoms with Crippen LogP contribution < -0.4 is 10.1 Å². The van der Waals surface area contributed by atoms with E-state index in [4.69, 9.17) is 4.74 Å². The number of nitrogens with zero attached hydrogens (tertiary/aromatic N) is 3. The first-order valence-corrected chi connectivity index (χ1v) is 8.32. The SMILES string of the molecule is C=CCN(Cc1nccn1Cc1cccc(OC)c1)C(=O)NC(C)C. The molecule has 0 radical (unpaired) electrons. The zero-order chi connectivity index (χ0) is 18.2. The molecule has 2 amide bonds. The minimum atomic E-state index is -0.120. The molecule has 1 aromatic heterocycles. The molecule has 0 saturated carbocycles. The number of nitrogens with one attached hydrogen (secondary N) is 1. The van der Waals surface area contributed by atoms with Crippen molar-refractivity contribution in [2.45, 2.75) is 33.0 Å². The van der Waals surface area contributed by atoms with Crippen molar-refractivity contribution in [1.82, 2.24) is 19.8 Å². The summed E-state index contributed by atoms with van der Waals surface area (Å²) in [4.78, 5) is 18.4. The van der Waals surface area contributed by atoms with E-state index in [9.17, 15) is 4.79 Å². The highest BCUT2D eigenvalue weighted by Gasteiger charge is 2.16. The fraction of sp³-hybridized carbons (Fsp3) is 0.368. The summed E-state index contributed by atoms with van der Waals surface area (Å²) >= 11 is 0. The highest BCUT2D eigenvalue weighted by Crippen LogP contribution is 2.15. The van der Waals surface area contributed by atoms with Crippen LogP contribution in [0.25, 0.3) is 0 Å². The summed E-state index contributed by atoms with van der Waals surface area (Å²) < 4.78 is 7.31. The van der Waals surface area contributed by atoms with Crippen LogP contribution in [0.15, 0.2) is 49.3 Å². The van der Waals surface area contributed by atoms with E-state index in [0.29, 0.717) is 19.6 Å². The molecule has 0 aliphatic carbocycles. The lowest BCUT2D eigenvalue weighted by Gasteiger charge is -2.23. The van der Waals surface area contributed by atoms with Crippen molar-refractivity contribution in [3.05, 3.63) is 60.7 Å². The first kappa shape index (κ1) is 18.6. The number of carbonyl (C=O) groups excluding carboxylic acids is 1. The molecule has 0 aliphatic rings. The van der Waals surface area contributed by atoms with Gasteiger partial charge < -0.3 is 19.5 Å². The summed E-state index contributed by atoms with van der Waals surface area (Å²) in [5.74, 6) is 1.65. The maximum absolute atomic E-state index is 12.3. The zero-order valence-electron chi connectivity index (χ0n) is 15.1. The van der Waals surface area contributed by atoms with Crippen LogP contribution in [0.1, 0.15) is 25.2 Å². The maximum Gasteiger partial charge on any atom is 0.318 e. The Morgan fingerprint density at radius 1 is 1.48 bits per heavy atom. The maximum atomic E-state index is 12.3. The Hall–Kier alpha value is -2.76. The van der Waals surface area contributed by atoms with Crippen molar-refractivity contribution in [2.75, 3.05) is 13.7 Å². The molecular weight excluding hydrogens is 316 g/mol. The van der Waals surface area contributed by atoms with Crippen LogP contribution in [-0.2, 0) is 13.1 Å². The lowest BCUT2D eigenvalue weighted by Crippen LogP contribution is -2.43. The summed E-state index contributed by atoms with van der Waals surface area (Å²) in [6.07, 6.45) is 5.39. The van der Waals surface area contributed by atoms with Crippen LogP contribution in [-0.4, -0.2) is 40.2 Å². The van der Waals surface area contributed by atoms with E-state index in [1.165, 1.54) is 0 Å². The van der Waals surface area contributed by atoms with E-state index >= 15 is 0 Å². The van der Waals surface area contributed by atoms with E-state index in [1.54, 1.807) is 24.3 Å². The Labute approximate surface area is 149 Å². The highest BCUT2D eigenvalue weighted by atomic mass is 16.5. The van der Waals surface area contributed by atoms with Crippen LogP contribution in [0.5, 0.6) is 5.75 Å². The number of methoxy groups -OCH3 is 1. The number of imidazole rings is 1.